The minimum Gasteiger partial charge on any atom is -0.503 e. The third kappa shape index (κ3) is 1.57. The van der Waals surface area contributed by atoms with Gasteiger partial charge in [-0.05, 0) is 6.07 Å². The van der Waals surface area contributed by atoms with Crippen LogP contribution in [0.5, 0.6) is 5.75 Å². The van der Waals surface area contributed by atoms with Gasteiger partial charge in [-0.3, -0.25) is 4.79 Å². The van der Waals surface area contributed by atoms with Crippen LogP contribution < -0.4 is 0 Å². The molecule has 2 nitrogen and oxygen atoms in total. The van der Waals surface area contributed by atoms with Gasteiger partial charge in [0.25, 0.3) is 0 Å². The van der Waals surface area contributed by atoms with Gasteiger partial charge < -0.3 is 5.11 Å². The van der Waals surface area contributed by atoms with Gasteiger partial charge in [0, 0.05) is 6.42 Å². The number of hydrogen-bond acceptors (Lipinski definition) is 2. The lowest BCUT2D eigenvalue weighted by Crippen LogP contribution is -2.04. The lowest BCUT2D eigenvalue weighted by Gasteiger charge is -2.03. The molecule has 0 aliphatic rings. The zero-order valence-electron chi connectivity index (χ0n) is 7.27. The molecule has 0 spiro atoms. The highest BCUT2D eigenvalue weighted by Crippen LogP contribution is 2.25. The van der Waals surface area contributed by atoms with Crippen molar-refractivity contribution < 1.29 is 23.1 Å². The number of Topliss-reactive ketones (excluding diaryl/α,β-unsaturated/α-hetero) is 1. The lowest BCUT2D eigenvalue weighted by molar-refractivity contribution is 0.0982. The highest BCUT2D eigenvalue weighted by molar-refractivity contribution is 5.96. The van der Waals surface area contributed by atoms with Gasteiger partial charge in [0.05, 0.1) is 5.56 Å². The van der Waals surface area contributed by atoms with Crippen LogP contribution in [0.3, 0.4) is 0 Å². The summed E-state index contributed by atoms with van der Waals surface area (Å²) in [7, 11) is 0. The van der Waals surface area contributed by atoms with Gasteiger partial charge in [-0.15, -0.1) is 0 Å². The van der Waals surface area contributed by atoms with E-state index >= 15 is 0 Å². The smallest absolute Gasteiger partial charge is 0.204 e. The van der Waals surface area contributed by atoms with Crippen LogP contribution in [-0.4, -0.2) is 10.9 Å². The van der Waals surface area contributed by atoms with Crippen LogP contribution in [0.25, 0.3) is 0 Å². The molecule has 1 aromatic carbocycles. The number of hydrogen-bond donors (Lipinski definition) is 1. The van der Waals surface area contributed by atoms with Crippen LogP contribution in [0.4, 0.5) is 13.2 Å². The van der Waals surface area contributed by atoms with Crippen LogP contribution in [-0.2, 0) is 0 Å². The Morgan fingerprint density at radius 3 is 2.43 bits per heavy atom. The summed E-state index contributed by atoms with van der Waals surface area (Å²) in [6, 6.07) is 0.486. The van der Waals surface area contributed by atoms with Crippen molar-refractivity contribution in [1.82, 2.24) is 0 Å². The van der Waals surface area contributed by atoms with Gasteiger partial charge in [-0.2, -0.15) is 4.39 Å². The highest BCUT2D eigenvalue weighted by Gasteiger charge is 2.21. The molecule has 0 aromatic heterocycles. The summed E-state index contributed by atoms with van der Waals surface area (Å²) in [5, 5.41) is 8.66. The Morgan fingerprint density at radius 2 is 1.93 bits per heavy atom. The van der Waals surface area contributed by atoms with E-state index in [1.165, 1.54) is 6.92 Å². The molecule has 0 unspecified atom stereocenters. The lowest BCUT2D eigenvalue weighted by atomic mass is 10.1. The topological polar surface area (TPSA) is 37.3 Å². The van der Waals surface area contributed by atoms with Crippen molar-refractivity contribution in [3.8, 4) is 5.75 Å². The molecule has 5 heteroatoms. The molecule has 1 rings (SSSR count). The second kappa shape index (κ2) is 3.69. The predicted molar refractivity (Wildman–Crippen MR) is 42.6 cm³/mol. The van der Waals surface area contributed by atoms with E-state index in [1.54, 1.807) is 0 Å². The summed E-state index contributed by atoms with van der Waals surface area (Å²) >= 11 is 0. The Kier molecular flexibility index (Phi) is 2.78. The molecule has 0 heterocycles. The fourth-order valence-electron chi connectivity index (χ4n) is 0.979. The van der Waals surface area contributed by atoms with Gasteiger partial charge in [-0.25, -0.2) is 8.78 Å². The Labute approximate surface area is 78.0 Å². The average molecular weight is 204 g/mol. The molecule has 1 aromatic rings. The third-order valence-corrected chi connectivity index (χ3v) is 1.76. The third-order valence-electron chi connectivity index (χ3n) is 1.76. The first kappa shape index (κ1) is 10.6. The van der Waals surface area contributed by atoms with Crippen molar-refractivity contribution in [2.45, 2.75) is 13.3 Å². The quantitative estimate of drug-likeness (QED) is 0.593. The number of ketones is 1. The van der Waals surface area contributed by atoms with Gasteiger partial charge >= 0.3 is 0 Å². The first-order valence-electron chi connectivity index (χ1n) is 3.88. The van der Waals surface area contributed by atoms with E-state index in [0.29, 0.717) is 6.07 Å². The summed E-state index contributed by atoms with van der Waals surface area (Å²) in [6.07, 6.45) is -0.0689. The first-order chi connectivity index (χ1) is 6.49. The van der Waals surface area contributed by atoms with E-state index < -0.39 is 34.5 Å². The molecule has 0 aliphatic carbocycles. The molecule has 14 heavy (non-hydrogen) atoms. The molecular weight excluding hydrogens is 197 g/mol. The molecule has 0 saturated heterocycles. The number of benzene rings is 1. The molecular formula is C9H7F3O2. The first-order valence-corrected chi connectivity index (χ1v) is 3.88. The number of carbonyl (C=O) groups excluding carboxylic acids is 1. The van der Waals surface area contributed by atoms with E-state index in [1.807, 2.05) is 0 Å². The van der Waals surface area contributed by atoms with Crippen LogP contribution in [0, 0.1) is 17.5 Å². The molecule has 76 valence electrons. The molecule has 0 atom stereocenters. The normalized spacial score (nSPS) is 10.3. The molecule has 0 radical (unpaired) electrons. The molecule has 0 aliphatic heterocycles. The number of halogens is 3. The molecule has 0 amide bonds. The summed E-state index contributed by atoms with van der Waals surface area (Å²) in [5.74, 6) is -6.73. The van der Waals surface area contributed by atoms with E-state index in [0.717, 1.165) is 0 Å². The van der Waals surface area contributed by atoms with E-state index in [9.17, 15) is 18.0 Å². The average Bonchev–Trinajstić information content (AvgIpc) is 2.19. The van der Waals surface area contributed by atoms with Crippen molar-refractivity contribution in [2.24, 2.45) is 0 Å². The summed E-state index contributed by atoms with van der Waals surface area (Å²) in [5.41, 5.74) is -0.680. The van der Waals surface area contributed by atoms with E-state index in [4.69, 9.17) is 5.11 Å². The van der Waals surface area contributed by atoms with Crippen molar-refractivity contribution >= 4 is 5.78 Å². The van der Waals surface area contributed by atoms with Crippen LogP contribution in [0.2, 0.25) is 0 Å². The second-order valence-corrected chi connectivity index (χ2v) is 2.66. The predicted octanol–water partition coefficient (Wildman–Crippen LogP) is 2.40. The van der Waals surface area contributed by atoms with E-state index in [-0.39, 0.29) is 6.42 Å². The SMILES string of the molecule is CCC(=O)c1cc(F)c(O)c(F)c1F. The Morgan fingerprint density at radius 1 is 1.36 bits per heavy atom. The Hall–Kier alpha value is -1.52. The zero-order valence-corrected chi connectivity index (χ0v) is 7.27. The molecule has 0 bridgehead atoms. The number of rotatable bonds is 2. The minimum absolute atomic E-state index is 0.0689. The van der Waals surface area contributed by atoms with E-state index in [2.05, 4.69) is 0 Å². The number of carbonyl (C=O) groups is 1. The maximum absolute atomic E-state index is 13.0. The maximum atomic E-state index is 13.0. The zero-order chi connectivity index (χ0) is 10.9. The fourth-order valence-corrected chi connectivity index (χ4v) is 0.979. The molecule has 0 saturated carbocycles. The largest absolute Gasteiger partial charge is 0.503 e. The highest BCUT2D eigenvalue weighted by atomic mass is 19.2. The summed E-state index contributed by atoms with van der Waals surface area (Å²) in [4.78, 5) is 11.0. The fraction of sp³-hybridized carbons (Fsp3) is 0.222. The monoisotopic (exact) mass is 204 g/mol. The van der Waals surface area contributed by atoms with Gasteiger partial charge in [-0.1, -0.05) is 6.92 Å². The van der Waals surface area contributed by atoms with Crippen molar-refractivity contribution in [1.29, 1.82) is 0 Å². The maximum Gasteiger partial charge on any atom is 0.204 e. The van der Waals surface area contributed by atoms with Crippen LogP contribution in [0.15, 0.2) is 6.07 Å². The standard InChI is InChI=1S/C9H7F3O2/c1-2-6(13)4-3-5(10)9(14)8(12)7(4)11/h3,14H,2H2,1H3. The molecule has 0 fully saturated rings. The Balaban J connectivity index is 3.40. The van der Waals surface area contributed by atoms with Crippen molar-refractivity contribution in [2.75, 3.05) is 0 Å². The van der Waals surface area contributed by atoms with Gasteiger partial charge in [0.2, 0.25) is 5.82 Å². The van der Waals surface area contributed by atoms with Crippen molar-refractivity contribution in [3.63, 3.8) is 0 Å². The number of phenols is 1. The summed E-state index contributed by atoms with van der Waals surface area (Å²) < 4.78 is 38.4. The van der Waals surface area contributed by atoms with Crippen LogP contribution >= 0.6 is 0 Å². The van der Waals surface area contributed by atoms with Gasteiger partial charge in [0.1, 0.15) is 0 Å². The summed E-state index contributed by atoms with van der Waals surface area (Å²) in [6.45, 7) is 1.43. The number of phenolic OH excluding ortho intramolecular Hbond substituents is 1. The Bertz CT molecular complexity index is 388. The molecule has 1 N–H and O–H groups in total. The number of aromatic hydroxyl groups is 1. The van der Waals surface area contributed by atoms with Crippen LogP contribution in [0.1, 0.15) is 23.7 Å². The second-order valence-electron chi connectivity index (χ2n) is 2.66. The van der Waals surface area contributed by atoms with Crippen molar-refractivity contribution in [3.05, 3.63) is 29.1 Å². The minimum atomic E-state index is -1.73. The van der Waals surface area contributed by atoms with Gasteiger partial charge in [0.15, 0.2) is 23.2 Å².